The van der Waals surface area contributed by atoms with Gasteiger partial charge in [-0.25, -0.2) is 0 Å². The number of alkyl halides is 3. The number of hydrogen-bond acceptors (Lipinski definition) is 5. The van der Waals surface area contributed by atoms with Gasteiger partial charge in [-0.05, 0) is 6.42 Å². The molecule has 116 valence electrons. The Morgan fingerprint density at radius 1 is 1.45 bits per heavy atom. The van der Waals surface area contributed by atoms with Crippen LogP contribution in [-0.2, 0) is 14.3 Å². The predicted molar refractivity (Wildman–Crippen MR) is 61.7 cm³/mol. The van der Waals surface area contributed by atoms with Crippen molar-refractivity contribution >= 4 is 11.9 Å². The molecule has 1 aliphatic heterocycles. The largest absolute Gasteiger partial charge is 0.469 e. The first-order valence-corrected chi connectivity index (χ1v) is 6.06. The zero-order valence-electron chi connectivity index (χ0n) is 10.9. The number of rotatable bonds is 5. The lowest BCUT2D eigenvalue weighted by Crippen LogP contribution is -2.48. The Morgan fingerprint density at radius 3 is 2.55 bits per heavy atom. The SMILES string of the molecule is COC(=O)CCN(CC(F)(F)F)C(=O)C1CC(O)CN1. The molecule has 0 aromatic heterocycles. The Hall–Kier alpha value is -1.35. The summed E-state index contributed by atoms with van der Waals surface area (Å²) in [5.41, 5.74) is 0. The molecule has 1 rings (SSSR count). The fourth-order valence-corrected chi connectivity index (χ4v) is 1.94. The van der Waals surface area contributed by atoms with E-state index < -0.39 is 36.7 Å². The highest BCUT2D eigenvalue weighted by Crippen LogP contribution is 2.19. The summed E-state index contributed by atoms with van der Waals surface area (Å²) in [4.78, 5) is 23.5. The highest BCUT2D eigenvalue weighted by Gasteiger charge is 2.37. The standard InChI is InChI=1S/C11H17F3N2O4/c1-20-9(18)2-3-16(6-11(12,13)14)10(19)8-4-7(17)5-15-8/h7-8,15,17H,2-6H2,1H3. The van der Waals surface area contributed by atoms with Crippen LogP contribution in [0, 0.1) is 0 Å². The van der Waals surface area contributed by atoms with E-state index in [9.17, 15) is 27.9 Å². The van der Waals surface area contributed by atoms with Crippen LogP contribution in [0.2, 0.25) is 0 Å². The molecule has 2 N–H and O–H groups in total. The second-order valence-corrected chi connectivity index (χ2v) is 4.55. The number of methoxy groups -OCH3 is 1. The van der Waals surface area contributed by atoms with Crippen LogP contribution >= 0.6 is 0 Å². The minimum atomic E-state index is -4.55. The molecule has 1 saturated heterocycles. The van der Waals surface area contributed by atoms with Crippen molar-refractivity contribution in [3.05, 3.63) is 0 Å². The van der Waals surface area contributed by atoms with E-state index in [1.54, 1.807) is 0 Å². The Kier molecular flexibility index (Phi) is 5.75. The summed E-state index contributed by atoms with van der Waals surface area (Å²) in [5.74, 6) is -1.47. The molecule has 0 saturated carbocycles. The zero-order chi connectivity index (χ0) is 15.3. The van der Waals surface area contributed by atoms with E-state index in [-0.39, 0.29) is 25.9 Å². The second-order valence-electron chi connectivity index (χ2n) is 4.55. The van der Waals surface area contributed by atoms with E-state index in [1.807, 2.05) is 0 Å². The molecule has 9 heteroatoms. The van der Waals surface area contributed by atoms with E-state index in [4.69, 9.17) is 0 Å². The van der Waals surface area contributed by atoms with Crippen molar-refractivity contribution in [3.8, 4) is 0 Å². The number of carbonyl (C=O) groups excluding carboxylic acids is 2. The third-order valence-electron chi connectivity index (χ3n) is 2.90. The molecule has 0 aromatic carbocycles. The van der Waals surface area contributed by atoms with Crippen molar-refractivity contribution in [1.82, 2.24) is 10.2 Å². The van der Waals surface area contributed by atoms with Gasteiger partial charge in [0.25, 0.3) is 0 Å². The summed E-state index contributed by atoms with van der Waals surface area (Å²) in [5, 5.41) is 11.9. The quantitative estimate of drug-likeness (QED) is 0.679. The number of ether oxygens (including phenoxy) is 1. The van der Waals surface area contributed by atoms with Crippen LogP contribution in [-0.4, -0.2) is 66.9 Å². The molecule has 1 fully saturated rings. The molecule has 1 heterocycles. The number of aliphatic hydroxyl groups excluding tert-OH is 1. The van der Waals surface area contributed by atoms with Gasteiger partial charge in [-0.3, -0.25) is 9.59 Å². The van der Waals surface area contributed by atoms with Crippen LogP contribution in [0.3, 0.4) is 0 Å². The Labute approximate surface area is 113 Å². The van der Waals surface area contributed by atoms with Crippen molar-refractivity contribution in [3.63, 3.8) is 0 Å². The van der Waals surface area contributed by atoms with Gasteiger partial charge in [-0.15, -0.1) is 0 Å². The number of esters is 1. The first kappa shape index (κ1) is 16.7. The number of hydrogen-bond donors (Lipinski definition) is 2. The first-order chi connectivity index (χ1) is 9.23. The molecule has 2 unspecified atom stereocenters. The fraction of sp³-hybridized carbons (Fsp3) is 0.818. The molecule has 0 spiro atoms. The van der Waals surface area contributed by atoms with Gasteiger partial charge in [0, 0.05) is 13.1 Å². The minimum Gasteiger partial charge on any atom is -0.469 e. The summed E-state index contributed by atoms with van der Waals surface area (Å²) >= 11 is 0. The van der Waals surface area contributed by atoms with Crippen molar-refractivity contribution in [2.75, 3.05) is 26.7 Å². The van der Waals surface area contributed by atoms with Crippen LogP contribution in [0.4, 0.5) is 13.2 Å². The lowest BCUT2D eigenvalue weighted by molar-refractivity contribution is -0.163. The van der Waals surface area contributed by atoms with Crippen LogP contribution in [0.25, 0.3) is 0 Å². The summed E-state index contributed by atoms with van der Waals surface area (Å²) < 4.78 is 41.7. The predicted octanol–water partition coefficient (Wildman–Crippen LogP) is -0.337. The topological polar surface area (TPSA) is 78.9 Å². The van der Waals surface area contributed by atoms with Crippen LogP contribution in [0.5, 0.6) is 0 Å². The average molecular weight is 298 g/mol. The lowest BCUT2D eigenvalue weighted by Gasteiger charge is -2.26. The fourth-order valence-electron chi connectivity index (χ4n) is 1.94. The summed E-state index contributed by atoms with van der Waals surface area (Å²) in [6.45, 7) is -1.65. The smallest absolute Gasteiger partial charge is 0.406 e. The Morgan fingerprint density at radius 2 is 2.10 bits per heavy atom. The van der Waals surface area contributed by atoms with Crippen LogP contribution in [0.1, 0.15) is 12.8 Å². The van der Waals surface area contributed by atoms with E-state index >= 15 is 0 Å². The van der Waals surface area contributed by atoms with Gasteiger partial charge in [0.2, 0.25) is 5.91 Å². The van der Waals surface area contributed by atoms with Gasteiger partial charge in [0.1, 0.15) is 6.54 Å². The first-order valence-electron chi connectivity index (χ1n) is 6.06. The Bertz CT molecular complexity index is 362. The molecule has 20 heavy (non-hydrogen) atoms. The van der Waals surface area contributed by atoms with Crippen LogP contribution in [0.15, 0.2) is 0 Å². The second kappa shape index (κ2) is 6.89. The molecular formula is C11H17F3N2O4. The van der Waals surface area contributed by atoms with E-state index in [0.717, 1.165) is 7.11 Å². The highest BCUT2D eigenvalue weighted by atomic mass is 19.4. The third-order valence-corrected chi connectivity index (χ3v) is 2.90. The number of β-amino-alcohol motifs (C(OH)–C–C–N with tert-alkyl or cyclic N) is 1. The maximum Gasteiger partial charge on any atom is 0.406 e. The van der Waals surface area contributed by atoms with Gasteiger partial charge in [-0.2, -0.15) is 13.2 Å². The number of halogens is 3. The number of aliphatic hydroxyl groups is 1. The van der Waals surface area contributed by atoms with E-state index in [1.165, 1.54) is 0 Å². The number of nitrogens with one attached hydrogen (secondary N) is 1. The summed E-state index contributed by atoms with van der Waals surface area (Å²) in [7, 11) is 1.12. The molecular weight excluding hydrogens is 281 g/mol. The minimum absolute atomic E-state index is 0.0609. The summed E-state index contributed by atoms with van der Waals surface area (Å²) in [6, 6.07) is -0.856. The van der Waals surface area contributed by atoms with E-state index in [2.05, 4.69) is 10.1 Å². The maximum atomic E-state index is 12.5. The number of amides is 1. The van der Waals surface area contributed by atoms with Crippen molar-refractivity contribution in [1.29, 1.82) is 0 Å². The monoisotopic (exact) mass is 298 g/mol. The molecule has 0 aliphatic carbocycles. The van der Waals surface area contributed by atoms with Crippen molar-refractivity contribution < 1.29 is 32.6 Å². The molecule has 1 amide bonds. The van der Waals surface area contributed by atoms with Gasteiger partial charge in [0.05, 0.1) is 25.7 Å². The number of carbonyl (C=O) groups is 2. The summed E-state index contributed by atoms with van der Waals surface area (Å²) in [6.07, 6.45) is -5.56. The number of nitrogens with zero attached hydrogens (tertiary/aromatic N) is 1. The molecule has 1 aliphatic rings. The Balaban J connectivity index is 2.65. The van der Waals surface area contributed by atoms with Crippen LogP contribution < -0.4 is 5.32 Å². The third kappa shape index (κ3) is 5.33. The average Bonchev–Trinajstić information content (AvgIpc) is 2.78. The van der Waals surface area contributed by atoms with E-state index in [0.29, 0.717) is 4.90 Å². The lowest BCUT2D eigenvalue weighted by atomic mass is 10.1. The van der Waals surface area contributed by atoms with Crippen molar-refractivity contribution in [2.24, 2.45) is 0 Å². The molecule has 2 atom stereocenters. The normalized spacial score (nSPS) is 22.6. The molecule has 6 nitrogen and oxygen atoms in total. The van der Waals surface area contributed by atoms with Crippen molar-refractivity contribution in [2.45, 2.75) is 31.2 Å². The zero-order valence-corrected chi connectivity index (χ0v) is 10.9. The van der Waals surface area contributed by atoms with Gasteiger partial charge in [0.15, 0.2) is 0 Å². The maximum absolute atomic E-state index is 12.5. The van der Waals surface area contributed by atoms with Gasteiger partial charge >= 0.3 is 12.1 Å². The molecule has 0 bridgehead atoms. The highest BCUT2D eigenvalue weighted by molar-refractivity contribution is 5.83. The molecule has 0 aromatic rings. The van der Waals surface area contributed by atoms with Gasteiger partial charge in [-0.1, -0.05) is 0 Å². The van der Waals surface area contributed by atoms with Gasteiger partial charge < -0.3 is 20.1 Å². The molecule has 0 radical (unpaired) electrons.